The normalized spacial score (nSPS) is 23.6. The average Bonchev–Trinajstić information content (AvgIpc) is 2.45. The van der Waals surface area contributed by atoms with E-state index in [1.165, 1.54) is 0 Å². The third-order valence-electron chi connectivity index (χ3n) is 3.10. The SMILES string of the molecule is CCONC(=O)[C@@H]1CCCO[C@@H]1c1ccccc1. The highest BCUT2D eigenvalue weighted by atomic mass is 16.6. The van der Waals surface area contributed by atoms with E-state index < -0.39 is 0 Å². The van der Waals surface area contributed by atoms with Crippen molar-refractivity contribution in [2.24, 2.45) is 5.92 Å². The zero-order chi connectivity index (χ0) is 12.8. The van der Waals surface area contributed by atoms with E-state index >= 15 is 0 Å². The van der Waals surface area contributed by atoms with E-state index in [1.807, 2.05) is 37.3 Å². The predicted molar refractivity (Wildman–Crippen MR) is 67.6 cm³/mol. The van der Waals surface area contributed by atoms with Gasteiger partial charge >= 0.3 is 0 Å². The molecule has 98 valence electrons. The zero-order valence-electron chi connectivity index (χ0n) is 10.6. The van der Waals surface area contributed by atoms with E-state index in [4.69, 9.17) is 9.57 Å². The molecule has 4 nitrogen and oxygen atoms in total. The lowest BCUT2D eigenvalue weighted by Gasteiger charge is -2.30. The highest BCUT2D eigenvalue weighted by Crippen LogP contribution is 2.33. The van der Waals surface area contributed by atoms with Gasteiger partial charge in [-0.05, 0) is 25.3 Å². The van der Waals surface area contributed by atoms with Crippen molar-refractivity contribution < 1.29 is 14.4 Å². The maximum atomic E-state index is 12.0. The lowest BCUT2D eigenvalue weighted by molar-refractivity contribution is -0.147. The highest BCUT2D eigenvalue weighted by molar-refractivity contribution is 5.78. The predicted octanol–water partition coefficient (Wildman–Crippen LogP) is 2.22. The first-order valence-electron chi connectivity index (χ1n) is 6.41. The minimum absolute atomic E-state index is 0.0922. The Morgan fingerprint density at radius 1 is 1.44 bits per heavy atom. The van der Waals surface area contributed by atoms with Crippen LogP contribution >= 0.6 is 0 Å². The minimum Gasteiger partial charge on any atom is -0.373 e. The van der Waals surface area contributed by atoms with Gasteiger partial charge in [0.15, 0.2) is 0 Å². The zero-order valence-corrected chi connectivity index (χ0v) is 10.6. The lowest BCUT2D eigenvalue weighted by atomic mass is 9.89. The van der Waals surface area contributed by atoms with Crippen molar-refractivity contribution in [2.75, 3.05) is 13.2 Å². The smallest absolute Gasteiger partial charge is 0.249 e. The van der Waals surface area contributed by atoms with Gasteiger partial charge in [-0.2, -0.15) is 0 Å². The monoisotopic (exact) mass is 249 g/mol. The molecular formula is C14H19NO3. The van der Waals surface area contributed by atoms with E-state index in [0.717, 1.165) is 18.4 Å². The summed E-state index contributed by atoms with van der Waals surface area (Å²) in [5.74, 6) is -0.266. The molecule has 1 aliphatic rings. The molecule has 1 aliphatic heterocycles. The lowest BCUT2D eigenvalue weighted by Crippen LogP contribution is -2.37. The summed E-state index contributed by atoms with van der Waals surface area (Å²) >= 11 is 0. The molecule has 1 heterocycles. The molecule has 1 aromatic carbocycles. The quantitative estimate of drug-likeness (QED) is 0.832. The van der Waals surface area contributed by atoms with Gasteiger partial charge in [-0.3, -0.25) is 9.63 Å². The Morgan fingerprint density at radius 2 is 2.22 bits per heavy atom. The van der Waals surface area contributed by atoms with Gasteiger partial charge < -0.3 is 4.74 Å². The molecule has 2 atom stereocenters. The van der Waals surface area contributed by atoms with Gasteiger partial charge in [0, 0.05) is 6.61 Å². The Bertz CT molecular complexity index is 380. The van der Waals surface area contributed by atoms with Crippen molar-refractivity contribution in [1.29, 1.82) is 0 Å². The van der Waals surface area contributed by atoms with E-state index in [9.17, 15) is 4.79 Å². The molecule has 0 unspecified atom stereocenters. The molecule has 2 rings (SSSR count). The Labute approximate surface area is 107 Å². The Morgan fingerprint density at radius 3 is 2.94 bits per heavy atom. The van der Waals surface area contributed by atoms with Crippen molar-refractivity contribution in [1.82, 2.24) is 5.48 Å². The molecule has 0 saturated carbocycles. The van der Waals surface area contributed by atoms with E-state index in [-0.39, 0.29) is 17.9 Å². The van der Waals surface area contributed by atoms with E-state index in [1.54, 1.807) is 0 Å². The second kappa shape index (κ2) is 6.52. The Kier molecular flexibility index (Phi) is 4.73. The number of carbonyl (C=O) groups is 1. The molecule has 0 aliphatic carbocycles. The van der Waals surface area contributed by atoms with Gasteiger partial charge in [-0.15, -0.1) is 0 Å². The van der Waals surface area contributed by atoms with Gasteiger partial charge in [0.25, 0.3) is 0 Å². The summed E-state index contributed by atoms with van der Waals surface area (Å²) in [6.45, 7) is 3.01. The molecule has 1 amide bonds. The molecule has 1 aromatic rings. The molecule has 1 saturated heterocycles. The maximum Gasteiger partial charge on any atom is 0.249 e. The molecule has 4 heteroatoms. The van der Waals surface area contributed by atoms with Crippen molar-refractivity contribution in [3.8, 4) is 0 Å². The fourth-order valence-electron chi connectivity index (χ4n) is 2.24. The van der Waals surface area contributed by atoms with Crippen LogP contribution in [-0.2, 0) is 14.4 Å². The van der Waals surface area contributed by atoms with Crippen molar-refractivity contribution >= 4 is 5.91 Å². The Hall–Kier alpha value is -1.39. The molecular weight excluding hydrogens is 230 g/mol. The summed E-state index contributed by atoms with van der Waals surface area (Å²) in [6.07, 6.45) is 1.58. The summed E-state index contributed by atoms with van der Waals surface area (Å²) in [5.41, 5.74) is 3.53. The van der Waals surface area contributed by atoms with E-state index in [0.29, 0.717) is 13.2 Å². The average molecular weight is 249 g/mol. The highest BCUT2D eigenvalue weighted by Gasteiger charge is 2.33. The Balaban J connectivity index is 2.09. The van der Waals surface area contributed by atoms with Gasteiger partial charge in [-0.1, -0.05) is 30.3 Å². The summed E-state index contributed by atoms with van der Waals surface area (Å²) in [7, 11) is 0. The number of hydroxylamine groups is 1. The molecule has 1 fully saturated rings. The van der Waals surface area contributed by atoms with Gasteiger partial charge in [-0.25, -0.2) is 5.48 Å². The molecule has 18 heavy (non-hydrogen) atoms. The summed E-state index contributed by atoms with van der Waals surface area (Å²) in [6, 6.07) is 9.88. The van der Waals surface area contributed by atoms with Gasteiger partial charge in [0.2, 0.25) is 5.91 Å². The molecule has 0 aromatic heterocycles. The summed E-state index contributed by atoms with van der Waals surface area (Å²) in [5, 5.41) is 0. The molecule has 0 bridgehead atoms. The van der Waals surface area contributed by atoms with Crippen LogP contribution in [0.4, 0.5) is 0 Å². The first kappa shape index (κ1) is 13.1. The van der Waals surface area contributed by atoms with Crippen LogP contribution in [0, 0.1) is 5.92 Å². The number of hydrogen-bond donors (Lipinski definition) is 1. The fraction of sp³-hybridized carbons (Fsp3) is 0.500. The molecule has 0 spiro atoms. The fourth-order valence-corrected chi connectivity index (χ4v) is 2.24. The second-order valence-electron chi connectivity index (χ2n) is 4.35. The number of benzene rings is 1. The van der Waals surface area contributed by atoms with Crippen molar-refractivity contribution in [3.05, 3.63) is 35.9 Å². The van der Waals surface area contributed by atoms with Crippen molar-refractivity contribution in [3.63, 3.8) is 0 Å². The van der Waals surface area contributed by atoms with Crippen LogP contribution in [0.25, 0.3) is 0 Å². The third-order valence-corrected chi connectivity index (χ3v) is 3.10. The van der Waals surface area contributed by atoms with Crippen LogP contribution in [0.5, 0.6) is 0 Å². The van der Waals surface area contributed by atoms with Gasteiger partial charge in [0.1, 0.15) is 0 Å². The molecule has 1 N–H and O–H groups in total. The van der Waals surface area contributed by atoms with Crippen LogP contribution in [0.2, 0.25) is 0 Å². The van der Waals surface area contributed by atoms with Gasteiger partial charge in [0.05, 0.1) is 18.6 Å². The van der Waals surface area contributed by atoms with Crippen LogP contribution in [0.1, 0.15) is 31.4 Å². The first-order valence-corrected chi connectivity index (χ1v) is 6.41. The topological polar surface area (TPSA) is 47.6 Å². The molecule has 0 radical (unpaired) electrons. The number of carbonyl (C=O) groups excluding carboxylic acids is 1. The number of rotatable bonds is 4. The number of amides is 1. The van der Waals surface area contributed by atoms with Crippen molar-refractivity contribution in [2.45, 2.75) is 25.9 Å². The van der Waals surface area contributed by atoms with Crippen LogP contribution in [0.15, 0.2) is 30.3 Å². The van der Waals surface area contributed by atoms with Crippen LogP contribution < -0.4 is 5.48 Å². The van der Waals surface area contributed by atoms with Crippen LogP contribution in [-0.4, -0.2) is 19.1 Å². The first-order chi connectivity index (χ1) is 8.83. The third kappa shape index (κ3) is 3.09. The largest absolute Gasteiger partial charge is 0.373 e. The number of hydrogen-bond acceptors (Lipinski definition) is 3. The van der Waals surface area contributed by atoms with E-state index in [2.05, 4.69) is 5.48 Å². The summed E-state index contributed by atoms with van der Waals surface area (Å²) in [4.78, 5) is 17.0. The van der Waals surface area contributed by atoms with Crippen LogP contribution in [0.3, 0.4) is 0 Å². The maximum absolute atomic E-state index is 12.0. The number of ether oxygens (including phenoxy) is 1. The summed E-state index contributed by atoms with van der Waals surface area (Å²) < 4.78 is 5.76. The minimum atomic E-state index is -0.173. The number of nitrogens with one attached hydrogen (secondary N) is 1. The standard InChI is InChI=1S/C14H19NO3/c1-2-18-15-14(16)12-9-6-10-17-13(12)11-7-4-3-5-8-11/h3-5,7-8,12-13H,2,6,9-10H2,1H3,(H,15,16)/t12-,13-/m1/s1. The second-order valence-corrected chi connectivity index (χ2v) is 4.35.